The van der Waals surface area contributed by atoms with E-state index < -0.39 is 26.7 Å². The number of rotatable bonds is 7. The van der Waals surface area contributed by atoms with Gasteiger partial charge in [-0.1, -0.05) is 12.1 Å². The fourth-order valence-electron chi connectivity index (χ4n) is 2.83. The third-order valence-corrected chi connectivity index (χ3v) is 5.42. The molecule has 154 valence electrons. The summed E-state index contributed by atoms with van der Waals surface area (Å²) < 4.78 is 27.3. The van der Waals surface area contributed by atoms with Crippen LogP contribution in [0.1, 0.15) is 16.1 Å². The highest BCUT2D eigenvalue weighted by Gasteiger charge is 2.37. The van der Waals surface area contributed by atoms with Gasteiger partial charge in [0.15, 0.2) is 5.76 Å². The van der Waals surface area contributed by atoms with Crippen molar-refractivity contribution in [3.8, 4) is 0 Å². The largest absolute Gasteiger partial charge is 0.433 e. The van der Waals surface area contributed by atoms with Crippen molar-refractivity contribution in [1.82, 2.24) is 10.2 Å². The number of nitrogens with one attached hydrogen (secondary N) is 1. The van der Waals surface area contributed by atoms with Crippen LogP contribution in [0.15, 0.2) is 45.7 Å². The van der Waals surface area contributed by atoms with Crippen LogP contribution in [0.2, 0.25) is 0 Å². The van der Waals surface area contributed by atoms with Gasteiger partial charge in [-0.2, -0.15) is 0 Å². The van der Waals surface area contributed by atoms with Crippen molar-refractivity contribution in [3.63, 3.8) is 0 Å². The van der Waals surface area contributed by atoms with Crippen molar-refractivity contribution in [2.45, 2.75) is 11.3 Å². The Morgan fingerprint density at radius 1 is 1.21 bits per heavy atom. The number of nitrogens with zero attached hydrogens (tertiary/aromatic N) is 2. The van der Waals surface area contributed by atoms with Gasteiger partial charge >= 0.3 is 5.88 Å². The highest BCUT2D eigenvalue weighted by Crippen LogP contribution is 2.22. The van der Waals surface area contributed by atoms with Crippen LogP contribution in [0.5, 0.6) is 0 Å². The maximum absolute atomic E-state index is 12.2. The summed E-state index contributed by atoms with van der Waals surface area (Å²) >= 11 is 0. The van der Waals surface area contributed by atoms with E-state index in [1.54, 1.807) is 12.1 Å². The number of amides is 2. The predicted octanol–water partition coefficient (Wildman–Crippen LogP) is 0.266. The Labute approximate surface area is 165 Å². The van der Waals surface area contributed by atoms with Gasteiger partial charge in [0.25, 0.3) is 5.91 Å². The summed E-state index contributed by atoms with van der Waals surface area (Å²) in [7, 11) is -3.74. The van der Waals surface area contributed by atoms with Crippen molar-refractivity contribution >= 4 is 27.7 Å². The van der Waals surface area contributed by atoms with Crippen LogP contribution in [0, 0.1) is 16.0 Å². The number of primary sulfonamides is 1. The van der Waals surface area contributed by atoms with Gasteiger partial charge in [0.05, 0.1) is 16.9 Å². The molecular weight excluding hydrogens is 404 g/mol. The quantitative estimate of drug-likeness (QED) is 0.477. The second kappa shape index (κ2) is 8.01. The number of carbonyl (C=O) groups excluding carboxylic acids is 2. The van der Waals surface area contributed by atoms with E-state index in [2.05, 4.69) is 5.32 Å². The average Bonchev–Trinajstić information content (AvgIpc) is 3.10. The third kappa shape index (κ3) is 4.78. The zero-order valence-electron chi connectivity index (χ0n) is 15.1. The van der Waals surface area contributed by atoms with E-state index in [0.29, 0.717) is 13.0 Å². The third-order valence-electron chi connectivity index (χ3n) is 4.49. The molecule has 1 aromatic heterocycles. The molecule has 1 saturated heterocycles. The Balaban J connectivity index is 1.42. The van der Waals surface area contributed by atoms with E-state index in [0.717, 1.165) is 11.6 Å². The Morgan fingerprint density at radius 3 is 2.41 bits per heavy atom. The number of sulfonamides is 1. The monoisotopic (exact) mass is 422 g/mol. The number of nitrogens with two attached hydrogens (primary N) is 1. The second-order valence-electron chi connectivity index (χ2n) is 6.53. The molecule has 2 amide bonds. The molecule has 0 bridgehead atoms. The van der Waals surface area contributed by atoms with Gasteiger partial charge in [-0.25, -0.2) is 13.6 Å². The van der Waals surface area contributed by atoms with Crippen molar-refractivity contribution in [2.75, 3.05) is 19.6 Å². The lowest BCUT2D eigenvalue weighted by Gasteiger charge is -2.37. The highest BCUT2D eigenvalue weighted by molar-refractivity contribution is 7.89. The molecule has 0 unspecified atom stereocenters. The average molecular weight is 422 g/mol. The molecule has 0 radical (unpaired) electrons. The van der Waals surface area contributed by atoms with Gasteiger partial charge in [0.2, 0.25) is 15.9 Å². The fraction of sp³-hybridized carbons (Fsp3) is 0.294. The summed E-state index contributed by atoms with van der Waals surface area (Å²) in [5.41, 5.74) is 0.836. The molecule has 2 heterocycles. The van der Waals surface area contributed by atoms with Gasteiger partial charge in [0, 0.05) is 19.6 Å². The number of hydrogen-bond acceptors (Lipinski definition) is 7. The lowest BCUT2D eigenvalue weighted by atomic mass is 9.98. The summed E-state index contributed by atoms with van der Waals surface area (Å²) in [6.45, 7) is 0.743. The maximum atomic E-state index is 12.2. The van der Waals surface area contributed by atoms with Crippen molar-refractivity contribution in [1.29, 1.82) is 0 Å². The van der Waals surface area contributed by atoms with E-state index in [-0.39, 0.29) is 35.6 Å². The molecule has 0 aliphatic carbocycles. The molecule has 0 atom stereocenters. The normalized spacial score (nSPS) is 14.3. The maximum Gasteiger partial charge on any atom is 0.433 e. The first kappa shape index (κ1) is 20.5. The first-order chi connectivity index (χ1) is 13.6. The number of furan rings is 1. The number of nitro groups is 1. The summed E-state index contributed by atoms with van der Waals surface area (Å²) in [6.07, 6.45) is 0.502. The number of likely N-dealkylation sites (tertiary alicyclic amines) is 1. The minimum absolute atomic E-state index is 0.0198. The number of hydrogen-bond donors (Lipinski definition) is 2. The SMILES string of the molecule is NS(=O)(=O)c1ccc(CCNC(=O)C2CN(C(=O)c3ccc([N+](=O)[O-])o3)C2)cc1. The Bertz CT molecular complexity index is 1040. The van der Waals surface area contributed by atoms with Crippen LogP contribution in [-0.2, 0) is 21.2 Å². The molecule has 1 fully saturated rings. The molecule has 2 aromatic rings. The van der Waals surface area contributed by atoms with E-state index in [1.165, 1.54) is 23.1 Å². The zero-order chi connectivity index (χ0) is 21.2. The predicted molar refractivity (Wildman–Crippen MR) is 99.3 cm³/mol. The molecule has 29 heavy (non-hydrogen) atoms. The Morgan fingerprint density at radius 2 is 1.86 bits per heavy atom. The van der Waals surface area contributed by atoms with Crippen molar-refractivity contribution in [3.05, 3.63) is 57.8 Å². The molecule has 1 aromatic carbocycles. The van der Waals surface area contributed by atoms with Crippen LogP contribution in [0.3, 0.4) is 0 Å². The zero-order valence-corrected chi connectivity index (χ0v) is 15.9. The minimum atomic E-state index is -3.74. The van der Waals surface area contributed by atoms with Gasteiger partial charge in [-0.05, 0) is 30.2 Å². The topological polar surface area (TPSA) is 166 Å². The van der Waals surface area contributed by atoms with E-state index in [9.17, 15) is 28.1 Å². The fourth-order valence-corrected chi connectivity index (χ4v) is 3.34. The molecular formula is C17H18N4O7S. The first-order valence-corrected chi connectivity index (χ1v) is 10.1. The molecule has 1 aliphatic rings. The highest BCUT2D eigenvalue weighted by atomic mass is 32.2. The molecule has 0 spiro atoms. The van der Waals surface area contributed by atoms with Gasteiger partial charge in [-0.15, -0.1) is 0 Å². The van der Waals surface area contributed by atoms with Gasteiger partial charge in [-0.3, -0.25) is 19.7 Å². The Kier molecular flexibility index (Phi) is 5.66. The molecule has 3 rings (SSSR count). The lowest BCUT2D eigenvalue weighted by Crippen LogP contribution is -2.55. The van der Waals surface area contributed by atoms with Crippen molar-refractivity contribution in [2.24, 2.45) is 11.1 Å². The number of benzene rings is 1. The summed E-state index contributed by atoms with van der Waals surface area (Å²) in [4.78, 5) is 35.6. The van der Waals surface area contributed by atoms with Crippen LogP contribution >= 0.6 is 0 Å². The summed E-state index contributed by atoms with van der Waals surface area (Å²) in [6, 6.07) is 8.39. The van der Waals surface area contributed by atoms with E-state index in [4.69, 9.17) is 9.56 Å². The Hall–Kier alpha value is -3.25. The van der Waals surface area contributed by atoms with Crippen molar-refractivity contribution < 1.29 is 27.3 Å². The molecule has 11 nitrogen and oxygen atoms in total. The summed E-state index contributed by atoms with van der Waals surface area (Å²) in [5.74, 6) is -1.73. The van der Waals surface area contributed by atoms with E-state index >= 15 is 0 Å². The standard InChI is InChI=1S/C17H18N4O7S/c18-29(26,27)13-3-1-11(2-4-13)7-8-19-16(22)12-9-20(10-12)17(23)14-5-6-15(28-14)21(24)25/h1-6,12H,7-10H2,(H,19,22)(H2,18,26,27). The first-order valence-electron chi connectivity index (χ1n) is 8.58. The van der Waals surface area contributed by atoms with Gasteiger partial charge < -0.3 is 14.6 Å². The van der Waals surface area contributed by atoms with Crippen LogP contribution in [0.4, 0.5) is 5.88 Å². The van der Waals surface area contributed by atoms with Crippen LogP contribution in [0.25, 0.3) is 0 Å². The smallest absolute Gasteiger partial charge is 0.395 e. The van der Waals surface area contributed by atoms with E-state index in [1.807, 2.05) is 0 Å². The second-order valence-corrected chi connectivity index (χ2v) is 8.09. The minimum Gasteiger partial charge on any atom is -0.395 e. The summed E-state index contributed by atoms with van der Waals surface area (Å²) in [5, 5.41) is 18.4. The van der Waals surface area contributed by atoms with Crippen LogP contribution in [-0.4, -0.2) is 49.7 Å². The number of carbonyl (C=O) groups is 2. The lowest BCUT2D eigenvalue weighted by molar-refractivity contribution is -0.402. The molecule has 1 aliphatic heterocycles. The van der Waals surface area contributed by atoms with Crippen LogP contribution < -0.4 is 10.5 Å². The van der Waals surface area contributed by atoms with Gasteiger partial charge in [0.1, 0.15) is 4.92 Å². The molecule has 12 heteroatoms. The molecule has 0 saturated carbocycles. The molecule has 3 N–H and O–H groups in total.